The molecule has 0 atom stereocenters. The molecule has 0 radical (unpaired) electrons. The fourth-order valence-corrected chi connectivity index (χ4v) is 7.85. The average Bonchev–Trinajstić information content (AvgIpc) is 3.81. The average molecular weight is 857 g/mol. The van der Waals surface area contributed by atoms with Crippen LogP contribution in [0.1, 0.15) is 58.1 Å². The predicted molar refractivity (Wildman–Crippen MR) is 206 cm³/mol. The Morgan fingerprint density at radius 1 is 0.639 bits per heavy atom. The summed E-state index contributed by atoms with van der Waals surface area (Å²) in [5.41, 5.74) is -7.91. The first-order valence-electron chi connectivity index (χ1n) is 17.5. The first-order valence-corrected chi connectivity index (χ1v) is 18.3. The molecule has 2 aliphatic rings. The van der Waals surface area contributed by atoms with Crippen LogP contribution in [-0.4, -0.2) is 57.8 Å². The van der Waals surface area contributed by atoms with E-state index in [0.717, 1.165) is 18.4 Å². The molecule has 0 unspecified atom stereocenters. The number of non-ortho nitro benzene ring substituents is 1. The van der Waals surface area contributed by atoms with E-state index in [1.807, 2.05) is 0 Å². The number of fused-ring (bicyclic) bond motifs is 3. The summed E-state index contributed by atoms with van der Waals surface area (Å²) in [6.07, 6.45) is -12.2. The highest BCUT2D eigenvalue weighted by molar-refractivity contribution is 7.21. The molecule has 2 aliphatic heterocycles. The molecule has 4 amide bonds. The zero-order chi connectivity index (χ0) is 43.8. The van der Waals surface area contributed by atoms with Crippen molar-refractivity contribution in [2.75, 3.05) is 11.9 Å². The van der Waals surface area contributed by atoms with Crippen LogP contribution in [-0.2, 0) is 5.41 Å². The van der Waals surface area contributed by atoms with Crippen LogP contribution in [0.4, 0.5) is 59.9 Å². The number of carbonyl (C=O) groups excluding carboxylic acids is 4. The summed E-state index contributed by atoms with van der Waals surface area (Å²) in [4.78, 5) is 68.2. The lowest BCUT2D eigenvalue weighted by molar-refractivity contribution is -0.384. The maximum absolute atomic E-state index is 15.0. The first kappa shape index (κ1) is 40.2. The van der Waals surface area contributed by atoms with Crippen molar-refractivity contribution in [1.29, 1.82) is 0 Å². The van der Waals surface area contributed by atoms with Gasteiger partial charge in [-0.1, -0.05) is 23.5 Å². The van der Waals surface area contributed by atoms with Crippen LogP contribution in [0, 0.1) is 17.0 Å². The van der Waals surface area contributed by atoms with Crippen molar-refractivity contribution < 1.29 is 50.4 Å². The van der Waals surface area contributed by atoms with E-state index in [-0.39, 0.29) is 22.1 Å². The van der Waals surface area contributed by atoms with Gasteiger partial charge >= 0.3 is 12.4 Å². The molecule has 14 nitrogen and oxygen atoms in total. The van der Waals surface area contributed by atoms with E-state index in [9.17, 15) is 29.3 Å². The van der Waals surface area contributed by atoms with E-state index in [2.05, 4.69) is 25.4 Å². The van der Waals surface area contributed by atoms with Gasteiger partial charge in [0, 0.05) is 19.2 Å². The molecule has 5 aromatic carbocycles. The van der Waals surface area contributed by atoms with Gasteiger partial charge in [-0.05, 0) is 96.4 Å². The number of nitrogens with zero attached hydrogens (tertiary/aromatic N) is 8. The summed E-state index contributed by atoms with van der Waals surface area (Å²) in [5, 5.41) is 28.0. The van der Waals surface area contributed by atoms with E-state index in [0.29, 0.717) is 79.0 Å². The van der Waals surface area contributed by atoms with Crippen molar-refractivity contribution in [3.63, 3.8) is 0 Å². The van der Waals surface area contributed by atoms with Crippen molar-refractivity contribution in [3.8, 4) is 0 Å². The molecule has 3 heterocycles. The molecule has 0 aliphatic carbocycles. The van der Waals surface area contributed by atoms with E-state index in [4.69, 9.17) is 0 Å². The third-order valence-electron chi connectivity index (χ3n) is 10.1. The van der Waals surface area contributed by atoms with Crippen LogP contribution in [0.2, 0.25) is 0 Å². The van der Waals surface area contributed by atoms with Gasteiger partial charge < -0.3 is 0 Å². The van der Waals surface area contributed by atoms with Crippen LogP contribution in [0.25, 0.3) is 10.2 Å². The number of rotatable bonds is 8. The van der Waals surface area contributed by atoms with E-state index < -0.39 is 74.1 Å². The second-order valence-corrected chi connectivity index (χ2v) is 14.7. The van der Waals surface area contributed by atoms with E-state index >= 15 is 26.3 Å². The minimum Gasteiger partial charge on any atom is -0.277 e. The summed E-state index contributed by atoms with van der Waals surface area (Å²) < 4.78 is 90.8. The van der Waals surface area contributed by atoms with E-state index in [1.54, 1.807) is 31.2 Å². The summed E-state index contributed by atoms with van der Waals surface area (Å²) in [5.74, 6) is -4.18. The Hall–Kier alpha value is -7.55. The predicted octanol–water partition coefficient (Wildman–Crippen LogP) is 10.8. The maximum Gasteiger partial charge on any atom is 0.411 e. The molecule has 306 valence electrons. The third kappa shape index (κ3) is 6.58. The molecule has 0 fully saturated rings. The third-order valence-corrected chi connectivity index (χ3v) is 11.0. The highest BCUT2D eigenvalue weighted by atomic mass is 32.1. The normalized spacial score (nSPS) is 14.6. The summed E-state index contributed by atoms with van der Waals surface area (Å²) in [7, 11) is 1.03. The Morgan fingerprint density at radius 3 is 1.75 bits per heavy atom. The standard InChI is InChI=1S/C40H22F6N8O6S/c1-19-15-24(9-13-30(19)50-48-22-5-7-23(8-6-22)49-51-37-47-31-14-10-25(54(59)60)18-32(31)61-37)53-35(57)27-12-4-21(17-29(27)36(53)58)38(39(41,42)43,40(44,45)46)20-3-11-26-28(16-20)34(56)52(2)33(26)55/h3-18H,1-2H3. The SMILES string of the molecule is Cc1cc(N2C(=O)c3ccc(C(c4ccc5c(c4)C(=O)N(C)C5=O)(C(F)(F)F)C(F)(F)F)cc3C2=O)ccc1N=Nc1ccc(N=Nc2nc3ccc([N+](=O)[O-])cc3s2)cc1. The number of imide groups is 2. The molecule has 61 heavy (non-hydrogen) atoms. The van der Waals surface area contributed by atoms with Crippen LogP contribution >= 0.6 is 11.3 Å². The Labute approximate surface area is 341 Å². The largest absolute Gasteiger partial charge is 0.411 e. The van der Waals surface area contributed by atoms with Crippen molar-refractivity contribution in [3.05, 3.63) is 146 Å². The Kier molecular flexibility index (Phi) is 9.45. The number of hydrogen-bond acceptors (Lipinski definition) is 12. The number of alkyl halides is 6. The Morgan fingerprint density at radius 2 is 1.18 bits per heavy atom. The zero-order valence-corrected chi connectivity index (χ0v) is 31.8. The molecule has 6 aromatic rings. The molecule has 8 rings (SSSR count). The van der Waals surface area contributed by atoms with Crippen LogP contribution in [0.3, 0.4) is 0 Å². The van der Waals surface area contributed by atoms with Gasteiger partial charge in [-0.25, -0.2) is 9.88 Å². The number of carbonyl (C=O) groups is 4. The number of halogens is 6. The van der Waals surface area contributed by atoms with Crippen molar-refractivity contribution in [2.24, 2.45) is 20.5 Å². The van der Waals surface area contributed by atoms with Gasteiger partial charge in [-0.2, -0.15) is 36.6 Å². The van der Waals surface area contributed by atoms with Gasteiger partial charge in [0.2, 0.25) is 10.5 Å². The maximum atomic E-state index is 15.0. The highest BCUT2D eigenvalue weighted by Gasteiger charge is 2.73. The Bertz CT molecular complexity index is 2950. The summed E-state index contributed by atoms with van der Waals surface area (Å²) in [6.45, 7) is 1.57. The smallest absolute Gasteiger partial charge is 0.277 e. The van der Waals surface area contributed by atoms with Gasteiger partial charge in [0.1, 0.15) is 0 Å². The summed E-state index contributed by atoms with van der Waals surface area (Å²) in [6, 6.07) is 17.8. The number of hydrogen-bond donors (Lipinski definition) is 0. The number of thiazole rings is 1. The number of amides is 4. The zero-order valence-electron chi connectivity index (χ0n) is 30.9. The van der Waals surface area contributed by atoms with Crippen LogP contribution in [0.5, 0.6) is 0 Å². The molecule has 1 aromatic heterocycles. The molecule has 0 N–H and O–H groups in total. The van der Waals surface area contributed by atoms with Gasteiger partial charge in [0.25, 0.3) is 29.3 Å². The lowest BCUT2D eigenvalue weighted by Gasteiger charge is -2.38. The number of nitro groups is 1. The second-order valence-electron chi connectivity index (χ2n) is 13.7. The number of azo groups is 2. The first-order chi connectivity index (χ1) is 28.8. The minimum atomic E-state index is -6.10. The quantitative estimate of drug-likeness (QED) is 0.0480. The fourth-order valence-electron chi connectivity index (χ4n) is 7.03. The minimum absolute atomic E-state index is 0.0471. The number of aromatic nitrogens is 1. The lowest BCUT2D eigenvalue weighted by atomic mass is 9.71. The molecule has 21 heteroatoms. The fraction of sp³-hybridized carbons (Fsp3) is 0.125. The molecule has 0 bridgehead atoms. The number of anilines is 1. The molecular formula is C40H22F6N8O6S. The number of benzene rings is 5. The van der Waals surface area contributed by atoms with Gasteiger partial charge in [0.05, 0.1) is 60.1 Å². The monoisotopic (exact) mass is 856 g/mol. The Balaban J connectivity index is 1.03. The van der Waals surface area contributed by atoms with Crippen molar-refractivity contribution >= 4 is 78.8 Å². The summed E-state index contributed by atoms with van der Waals surface area (Å²) >= 11 is 1.13. The van der Waals surface area contributed by atoms with E-state index in [1.165, 1.54) is 36.4 Å². The van der Waals surface area contributed by atoms with Crippen LogP contribution < -0.4 is 4.90 Å². The number of nitro benzene ring substituents is 1. The van der Waals surface area contributed by atoms with Gasteiger partial charge in [-0.15, -0.1) is 10.2 Å². The second kappa shape index (κ2) is 14.3. The molecule has 0 saturated heterocycles. The topological polar surface area (TPSA) is 180 Å². The molecular weight excluding hydrogens is 835 g/mol. The highest BCUT2D eigenvalue weighted by Crippen LogP contribution is 2.57. The van der Waals surface area contributed by atoms with Crippen molar-refractivity contribution in [1.82, 2.24) is 9.88 Å². The van der Waals surface area contributed by atoms with Crippen molar-refractivity contribution in [2.45, 2.75) is 24.7 Å². The molecule has 0 saturated carbocycles. The van der Waals surface area contributed by atoms with Gasteiger partial charge in [-0.3, -0.25) is 34.2 Å². The van der Waals surface area contributed by atoms with Crippen LogP contribution in [0.15, 0.2) is 118 Å². The lowest BCUT2D eigenvalue weighted by Crippen LogP contribution is -2.55. The molecule has 0 spiro atoms. The number of aryl methyl sites for hydroxylation is 1. The van der Waals surface area contributed by atoms with Gasteiger partial charge in [0.15, 0.2) is 0 Å².